The summed E-state index contributed by atoms with van der Waals surface area (Å²) in [6.07, 6.45) is 2.92. The minimum atomic E-state index is 0.981. The summed E-state index contributed by atoms with van der Waals surface area (Å²) in [6.45, 7) is 15.1. The monoisotopic (exact) mass is 172 g/mol. The van der Waals surface area contributed by atoms with Crippen LogP contribution in [0.1, 0.15) is 61.3 Å². The molecule has 0 nitrogen and oxygen atoms in total. The normalized spacial score (nSPS) is 32.8. The lowest BCUT2D eigenvalue weighted by atomic mass is 9.94. The van der Waals surface area contributed by atoms with Crippen molar-refractivity contribution in [3.8, 4) is 0 Å². The Balaban J connectivity index is 0. The lowest BCUT2D eigenvalue weighted by Gasteiger charge is -2.11. The van der Waals surface area contributed by atoms with E-state index < -0.39 is 0 Å². The number of hydrogen-bond donors (Lipinski definition) is 0. The minimum Gasteiger partial charge on any atom is -0.0683 e. The fourth-order valence-corrected chi connectivity index (χ4v) is 1.61. The standard InChI is InChI=1S/C8H16.2C2H6/c1-6-4-5-7(2)8(6)3;2*1-2/h6-8H,4-5H2,1-3H3;2*1-2H3/t6-,7+,8?;;. The largest absolute Gasteiger partial charge is 0.0683 e. The molecule has 1 rings (SSSR count). The topological polar surface area (TPSA) is 0 Å². The van der Waals surface area contributed by atoms with E-state index in [-0.39, 0.29) is 0 Å². The smallest absolute Gasteiger partial charge is 0.0391 e. The Morgan fingerprint density at radius 3 is 1.00 bits per heavy atom. The van der Waals surface area contributed by atoms with Crippen molar-refractivity contribution >= 4 is 0 Å². The molecule has 0 aromatic carbocycles. The van der Waals surface area contributed by atoms with Crippen molar-refractivity contribution in [1.29, 1.82) is 0 Å². The van der Waals surface area contributed by atoms with Gasteiger partial charge in [0.1, 0.15) is 0 Å². The van der Waals surface area contributed by atoms with Gasteiger partial charge in [0.05, 0.1) is 0 Å². The van der Waals surface area contributed by atoms with Crippen LogP contribution in [0, 0.1) is 17.8 Å². The minimum absolute atomic E-state index is 0.981. The van der Waals surface area contributed by atoms with Crippen molar-refractivity contribution in [3.05, 3.63) is 0 Å². The van der Waals surface area contributed by atoms with Gasteiger partial charge in [-0.15, -0.1) is 0 Å². The Labute approximate surface area is 79.8 Å². The molecule has 0 aliphatic heterocycles. The fourth-order valence-electron chi connectivity index (χ4n) is 1.61. The highest BCUT2D eigenvalue weighted by atomic mass is 14.3. The predicted molar refractivity (Wildman–Crippen MR) is 59.4 cm³/mol. The van der Waals surface area contributed by atoms with Crippen molar-refractivity contribution in [1.82, 2.24) is 0 Å². The van der Waals surface area contributed by atoms with E-state index in [2.05, 4.69) is 20.8 Å². The second-order valence-corrected chi connectivity index (χ2v) is 3.39. The maximum absolute atomic E-state index is 2.38. The molecule has 76 valence electrons. The van der Waals surface area contributed by atoms with Gasteiger partial charge >= 0.3 is 0 Å². The molecule has 0 heteroatoms. The molecule has 1 unspecified atom stereocenters. The average molecular weight is 172 g/mol. The summed E-state index contributed by atoms with van der Waals surface area (Å²) < 4.78 is 0. The molecule has 3 atom stereocenters. The third-order valence-electron chi connectivity index (χ3n) is 2.87. The van der Waals surface area contributed by atoms with Gasteiger partial charge in [0.25, 0.3) is 0 Å². The number of rotatable bonds is 0. The summed E-state index contributed by atoms with van der Waals surface area (Å²) >= 11 is 0. The zero-order chi connectivity index (χ0) is 10.1. The van der Waals surface area contributed by atoms with Gasteiger partial charge in [0.2, 0.25) is 0 Å². The predicted octanol–water partition coefficient (Wildman–Crippen LogP) is 4.74. The van der Waals surface area contributed by atoms with Crippen molar-refractivity contribution in [3.63, 3.8) is 0 Å². The fraction of sp³-hybridized carbons (Fsp3) is 1.00. The van der Waals surface area contributed by atoms with E-state index in [1.54, 1.807) is 0 Å². The molecule has 0 heterocycles. The van der Waals surface area contributed by atoms with Gasteiger partial charge < -0.3 is 0 Å². The summed E-state index contributed by atoms with van der Waals surface area (Å²) in [4.78, 5) is 0. The Morgan fingerprint density at radius 2 is 0.917 bits per heavy atom. The lowest BCUT2D eigenvalue weighted by Crippen LogP contribution is -2.04. The molecule has 0 saturated heterocycles. The molecule has 0 bridgehead atoms. The molecule has 0 spiro atoms. The van der Waals surface area contributed by atoms with Crippen LogP contribution < -0.4 is 0 Å². The van der Waals surface area contributed by atoms with Crippen LogP contribution in [0.15, 0.2) is 0 Å². The van der Waals surface area contributed by atoms with Crippen molar-refractivity contribution < 1.29 is 0 Å². The van der Waals surface area contributed by atoms with Crippen LogP contribution in [0.25, 0.3) is 0 Å². The summed E-state index contributed by atoms with van der Waals surface area (Å²) in [5.74, 6) is 2.96. The van der Waals surface area contributed by atoms with E-state index in [1.165, 1.54) is 12.8 Å². The molecule has 0 radical (unpaired) electrons. The van der Waals surface area contributed by atoms with Gasteiger partial charge in [-0.05, 0) is 17.8 Å². The molecule has 1 fully saturated rings. The quantitative estimate of drug-likeness (QED) is 0.495. The summed E-state index contributed by atoms with van der Waals surface area (Å²) in [5.41, 5.74) is 0. The first-order chi connectivity index (χ1) is 5.72. The van der Waals surface area contributed by atoms with Crippen LogP contribution in [-0.2, 0) is 0 Å². The molecule has 1 saturated carbocycles. The third kappa shape index (κ3) is 4.79. The van der Waals surface area contributed by atoms with Crippen LogP contribution in [0.4, 0.5) is 0 Å². The van der Waals surface area contributed by atoms with Gasteiger partial charge in [-0.25, -0.2) is 0 Å². The van der Waals surface area contributed by atoms with E-state index >= 15 is 0 Å². The van der Waals surface area contributed by atoms with Crippen molar-refractivity contribution in [2.45, 2.75) is 61.3 Å². The Bertz CT molecular complexity index is 66.1. The van der Waals surface area contributed by atoms with Crippen LogP contribution in [0.3, 0.4) is 0 Å². The molecule has 0 N–H and O–H groups in total. The molecular weight excluding hydrogens is 144 g/mol. The van der Waals surface area contributed by atoms with Crippen molar-refractivity contribution in [2.75, 3.05) is 0 Å². The highest BCUT2D eigenvalue weighted by Gasteiger charge is 2.25. The summed E-state index contributed by atoms with van der Waals surface area (Å²) in [7, 11) is 0. The Morgan fingerprint density at radius 1 is 0.667 bits per heavy atom. The van der Waals surface area contributed by atoms with Crippen LogP contribution in [0.2, 0.25) is 0 Å². The van der Waals surface area contributed by atoms with E-state index in [1.807, 2.05) is 27.7 Å². The van der Waals surface area contributed by atoms with Crippen LogP contribution in [-0.4, -0.2) is 0 Å². The number of hydrogen-bond acceptors (Lipinski definition) is 0. The summed E-state index contributed by atoms with van der Waals surface area (Å²) in [6, 6.07) is 0. The zero-order valence-corrected chi connectivity index (χ0v) is 10.1. The van der Waals surface area contributed by atoms with Gasteiger partial charge in [0, 0.05) is 0 Å². The molecule has 0 aromatic rings. The SMILES string of the molecule is CC.CC.CC1[C@H](C)CC[C@@H]1C. The second kappa shape index (κ2) is 9.09. The van der Waals surface area contributed by atoms with E-state index in [4.69, 9.17) is 0 Å². The first-order valence-corrected chi connectivity index (χ1v) is 5.72. The van der Waals surface area contributed by atoms with Gasteiger partial charge in [-0.1, -0.05) is 61.3 Å². The zero-order valence-electron chi connectivity index (χ0n) is 10.1. The van der Waals surface area contributed by atoms with Crippen molar-refractivity contribution in [2.24, 2.45) is 17.8 Å². The molecule has 0 aromatic heterocycles. The molecule has 12 heavy (non-hydrogen) atoms. The van der Waals surface area contributed by atoms with E-state index in [0.717, 1.165) is 17.8 Å². The second-order valence-electron chi connectivity index (χ2n) is 3.39. The lowest BCUT2D eigenvalue weighted by molar-refractivity contribution is 0.380. The molecule has 0 amide bonds. The van der Waals surface area contributed by atoms with Gasteiger partial charge in [-0.3, -0.25) is 0 Å². The third-order valence-corrected chi connectivity index (χ3v) is 2.87. The highest BCUT2D eigenvalue weighted by molar-refractivity contribution is 4.75. The van der Waals surface area contributed by atoms with E-state index in [0.29, 0.717) is 0 Å². The van der Waals surface area contributed by atoms with E-state index in [9.17, 15) is 0 Å². The van der Waals surface area contributed by atoms with Crippen LogP contribution in [0.5, 0.6) is 0 Å². The average Bonchev–Trinajstić information content (AvgIpc) is 2.43. The first-order valence-electron chi connectivity index (χ1n) is 5.72. The summed E-state index contributed by atoms with van der Waals surface area (Å²) in [5, 5.41) is 0. The Hall–Kier alpha value is 0. The maximum Gasteiger partial charge on any atom is -0.0391 e. The highest BCUT2D eigenvalue weighted by Crippen LogP contribution is 2.35. The van der Waals surface area contributed by atoms with Crippen LogP contribution >= 0.6 is 0 Å². The van der Waals surface area contributed by atoms with Gasteiger partial charge in [0.15, 0.2) is 0 Å². The molecule has 1 aliphatic carbocycles. The molecule has 1 aliphatic rings. The maximum atomic E-state index is 2.38. The Kier molecular flexibility index (Phi) is 11.0. The molecular formula is C12H28. The van der Waals surface area contributed by atoms with Gasteiger partial charge in [-0.2, -0.15) is 0 Å². The first kappa shape index (κ1) is 14.5.